The van der Waals surface area contributed by atoms with Crippen LogP contribution >= 0.6 is 0 Å². The highest BCUT2D eigenvalue weighted by Crippen LogP contribution is 2.17. The van der Waals surface area contributed by atoms with E-state index in [9.17, 15) is 8.42 Å². The molecule has 1 fully saturated rings. The number of hydrogen-bond acceptors (Lipinski definition) is 5. The van der Waals surface area contributed by atoms with Crippen LogP contribution < -0.4 is 0 Å². The number of nitrogens with zero attached hydrogens (tertiary/aromatic N) is 5. The molecule has 0 aliphatic carbocycles. The molecule has 1 aliphatic heterocycles. The van der Waals surface area contributed by atoms with Gasteiger partial charge >= 0.3 is 0 Å². The van der Waals surface area contributed by atoms with Gasteiger partial charge in [0.05, 0.1) is 18.4 Å². The maximum absolute atomic E-state index is 12.5. The predicted octanol–water partition coefficient (Wildman–Crippen LogP) is 0.511. The smallest absolute Gasteiger partial charge is 0.262 e. The number of aromatic nitrogens is 2. The fourth-order valence-corrected chi connectivity index (χ4v) is 3.82. The second-order valence-corrected chi connectivity index (χ2v) is 6.92. The summed E-state index contributed by atoms with van der Waals surface area (Å²) in [6.45, 7) is 6.56. The molecule has 1 aromatic rings. The summed E-state index contributed by atoms with van der Waals surface area (Å²) in [4.78, 5) is 6.03. The second-order valence-electron chi connectivity index (χ2n) is 5.04. The number of piperazine rings is 1. The van der Waals surface area contributed by atoms with Crippen LogP contribution in [-0.4, -0.2) is 59.4 Å². The van der Waals surface area contributed by atoms with Gasteiger partial charge in [0, 0.05) is 38.9 Å². The summed E-state index contributed by atoms with van der Waals surface area (Å²) >= 11 is 0. The summed E-state index contributed by atoms with van der Waals surface area (Å²) in [6, 6.07) is 2.13. The van der Waals surface area contributed by atoms with Crippen molar-refractivity contribution < 1.29 is 8.42 Å². The fourth-order valence-electron chi connectivity index (χ4n) is 2.46. The third-order valence-corrected chi connectivity index (χ3v) is 5.61. The van der Waals surface area contributed by atoms with Crippen molar-refractivity contribution >= 4 is 10.0 Å². The van der Waals surface area contributed by atoms with Crippen molar-refractivity contribution in [3.63, 3.8) is 0 Å². The molecule has 0 aromatic carbocycles. The number of sulfonamides is 1. The van der Waals surface area contributed by atoms with Crippen molar-refractivity contribution in [3.05, 3.63) is 12.5 Å². The molecule has 116 valence electrons. The van der Waals surface area contributed by atoms with E-state index in [-0.39, 0.29) is 11.1 Å². The first-order chi connectivity index (χ1) is 10.0. The first-order valence-electron chi connectivity index (χ1n) is 7.18. The van der Waals surface area contributed by atoms with E-state index >= 15 is 0 Å². The molecule has 1 saturated heterocycles. The topological polar surface area (TPSA) is 82.2 Å². The summed E-state index contributed by atoms with van der Waals surface area (Å²) in [5, 5.41) is 9.18. The second kappa shape index (κ2) is 6.56. The molecule has 2 rings (SSSR count). The van der Waals surface area contributed by atoms with E-state index in [1.54, 1.807) is 10.8 Å². The molecule has 1 unspecified atom stereocenters. The lowest BCUT2D eigenvalue weighted by atomic mass is 10.2. The Labute approximate surface area is 125 Å². The highest BCUT2D eigenvalue weighted by Gasteiger charge is 2.31. The summed E-state index contributed by atoms with van der Waals surface area (Å²) in [6.07, 6.45) is 3.85. The van der Waals surface area contributed by atoms with E-state index in [1.807, 2.05) is 18.7 Å². The number of aryl methyl sites for hydroxylation is 1. The molecule has 21 heavy (non-hydrogen) atoms. The van der Waals surface area contributed by atoms with E-state index in [2.05, 4.69) is 11.1 Å². The lowest BCUT2D eigenvalue weighted by molar-refractivity contribution is 0.159. The minimum atomic E-state index is -3.52. The van der Waals surface area contributed by atoms with E-state index < -0.39 is 10.0 Å². The molecule has 0 N–H and O–H groups in total. The Kier molecular flexibility index (Phi) is 4.98. The Morgan fingerprint density at radius 2 is 2.00 bits per heavy atom. The zero-order valence-corrected chi connectivity index (χ0v) is 13.3. The molecule has 0 radical (unpaired) electrons. The first-order valence-corrected chi connectivity index (χ1v) is 8.62. The van der Waals surface area contributed by atoms with Crippen LogP contribution in [0.15, 0.2) is 17.6 Å². The normalized spacial score (nSPS) is 19.3. The van der Waals surface area contributed by atoms with Gasteiger partial charge in [0.25, 0.3) is 10.0 Å². The fraction of sp³-hybridized carbons (Fsp3) is 0.692. The average molecular weight is 311 g/mol. The third kappa shape index (κ3) is 3.26. The molecule has 0 bridgehead atoms. The van der Waals surface area contributed by atoms with E-state index in [0.717, 1.165) is 6.42 Å². The Hall–Kier alpha value is -1.43. The van der Waals surface area contributed by atoms with Crippen molar-refractivity contribution in [2.24, 2.45) is 0 Å². The van der Waals surface area contributed by atoms with Crippen LogP contribution in [0.1, 0.15) is 20.3 Å². The number of rotatable bonds is 5. The van der Waals surface area contributed by atoms with E-state index in [4.69, 9.17) is 5.26 Å². The van der Waals surface area contributed by atoms with Crippen LogP contribution in [0.25, 0.3) is 0 Å². The maximum atomic E-state index is 12.5. The lowest BCUT2D eigenvalue weighted by Crippen LogP contribution is -2.51. The van der Waals surface area contributed by atoms with Gasteiger partial charge in [-0.25, -0.2) is 13.4 Å². The largest absolute Gasteiger partial charge is 0.336 e. The first kappa shape index (κ1) is 15.9. The molecule has 1 aliphatic rings. The minimum Gasteiger partial charge on any atom is -0.336 e. The Balaban J connectivity index is 2.06. The highest BCUT2D eigenvalue weighted by atomic mass is 32.2. The third-order valence-electron chi connectivity index (χ3n) is 3.83. The Morgan fingerprint density at radius 1 is 1.33 bits per heavy atom. The van der Waals surface area contributed by atoms with Gasteiger partial charge in [-0.3, -0.25) is 4.90 Å². The summed E-state index contributed by atoms with van der Waals surface area (Å²) in [5.41, 5.74) is 0. The predicted molar refractivity (Wildman–Crippen MR) is 77.9 cm³/mol. The van der Waals surface area contributed by atoms with Crippen molar-refractivity contribution in [2.75, 3.05) is 26.2 Å². The van der Waals surface area contributed by atoms with Crippen LogP contribution in [0.2, 0.25) is 0 Å². The van der Waals surface area contributed by atoms with E-state index in [1.165, 1.54) is 10.6 Å². The molecule has 1 aromatic heterocycles. The van der Waals surface area contributed by atoms with Crippen LogP contribution in [0.3, 0.4) is 0 Å². The molecule has 0 spiro atoms. The molecule has 1 atom stereocenters. The SMILES string of the molecule is CCC(C#N)N1CCN(S(=O)(=O)c2cn(CC)cn2)CC1. The standard InChI is InChI=1S/C13H21N5O2S/c1-3-12(9-14)17-5-7-18(8-6-17)21(19,20)13-10-16(4-2)11-15-13/h10-12H,3-8H2,1-2H3. The summed E-state index contributed by atoms with van der Waals surface area (Å²) < 4.78 is 28.2. The van der Waals surface area contributed by atoms with Gasteiger partial charge in [0.15, 0.2) is 5.03 Å². The minimum absolute atomic E-state index is 0.102. The van der Waals surface area contributed by atoms with Gasteiger partial charge in [-0.05, 0) is 13.3 Å². The van der Waals surface area contributed by atoms with Gasteiger partial charge < -0.3 is 4.57 Å². The summed E-state index contributed by atoms with van der Waals surface area (Å²) in [7, 11) is -3.52. The molecule has 0 saturated carbocycles. The molecular weight excluding hydrogens is 290 g/mol. The van der Waals surface area contributed by atoms with Gasteiger partial charge in [-0.1, -0.05) is 6.92 Å². The van der Waals surface area contributed by atoms with Crippen molar-refractivity contribution in [1.29, 1.82) is 5.26 Å². The molecular formula is C13H21N5O2S. The maximum Gasteiger partial charge on any atom is 0.262 e. The van der Waals surface area contributed by atoms with Crippen molar-refractivity contribution in [2.45, 2.75) is 37.9 Å². The van der Waals surface area contributed by atoms with Crippen LogP contribution in [0, 0.1) is 11.3 Å². The Bertz CT molecular complexity index is 611. The zero-order valence-electron chi connectivity index (χ0n) is 12.4. The molecule has 8 heteroatoms. The van der Waals surface area contributed by atoms with Gasteiger partial charge in [-0.2, -0.15) is 9.57 Å². The van der Waals surface area contributed by atoms with Gasteiger partial charge in [0.2, 0.25) is 0 Å². The van der Waals surface area contributed by atoms with Crippen molar-refractivity contribution in [1.82, 2.24) is 18.8 Å². The highest BCUT2D eigenvalue weighted by molar-refractivity contribution is 7.89. The molecule has 2 heterocycles. The Morgan fingerprint density at radius 3 is 2.48 bits per heavy atom. The van der Waals surface area contributed by atoms with Crippen molar-refractivity contribution in [3.8, 4) is 6.07 Å². The van der Waals surface area contributed by atoms with Crippen LogP contribution in [-0.2, 0) is 16.6 Å². The van der Waals surface area contributed by atoms with Crippen LogP contribution in [0.5, 0.6) is 0 Å². The van der Waals surface area contributed by atoms with Gasteiger partial charge in [0.1, 0.15) is 0 Å². The van der Waals surface area contributed by atoms with E-state index in [0.29, 0.717) is 32.7 Å². The average Bonchev–Trinajstić information content (AvgIpc) is 2.99. The van der Waals surface area contributed by atoms with Gasteiger partial charge in [-0.15, -0.1) is 0 Å². The zero-order chi connectivity index (χ0) is 15.5. The number of hydrogen-bond donors (Lipinski definition) is 0. The summed E-state index contributed by atoms with van der Waals surface area (Å²) in [5.74, 6) is 0. The van der Waals surface area contributed by atoms with Crippen LogP contribution in [0.4, 0.5) is 0 Å². The number of nitriles is 1. The lowest BCUT2D eigenvalue weighted by Gasteiger charge is -2.35. The quantitative estimate of drug-likeness (QED) is 0.791. The molecule has 0 amide bonds. The molecule has 7 nitrogen and oxygen atoms in total. The monoisotopic (exact) mass is 311 g/mol. The number of imidazole rings is 1.